The number of hydrogen-bond acceptors (Lipinski definition) is 5. The largest absolute Gasteiger partial charge is 0.494 e. The maximum absolute atomic E-state index is 13.1. The van der Waals surface area contributed by atoms with Crippen LogP contribution in [0.2, 0.25) is 0 Å². The predicted molar refractivity (Wildman–Crippen MR) is 124 cm³/mol. The molecule has 1 aromatic heterocycles. The minimum Gasteiger partial charge on any atom is -0.444 e. The van der Waals surface area contributed by atoms with Crippen LogP contribution in [0.5, 0.6) is 0 Å². The molecule has 0 radical (unpaired) electrons. The molecule has 7 nitrogen and oxygen atoms in total. The van der Waals surface area contributed by atoms with Crippen LogP contribution in [-0.4, -0.2) is 50.4 Å². The Bertz CT molecular complexity index is 1070. The molecule has 1 aromatic carbocycles. The van der Waals surface area contributed by atoms with Crippen molar-refractivity contribution < 1.29 is 18.8 Å². The number of likely N-dealkylation sites (tertiary alicyclic amines) is 1. The van der Waals surface area contributed by atoms with E-state index in [2.05, 4.69) is 39.6 Å². The molecule has 2 aromatic rings. The zero-order chi connectivity index (χ0) is 23.3. The van der Waals surface area contributed by atoms with Gasteiger partial charge >= 0.3 is 13.2 Å². The van der Waals surface area contributed by atoms with Gasteiger partial charge < -0.3 is 19.0 Å². The number of imidazole rings is 1. The van der Waals surface area contributed by atoms with E-state index in [4.69, 9.17) is 19.0 Å². The van der Waals surface area contributed by atoms with Gasteiger partial charge in [-0.3, -0.25) is 4.90 Å². The van der Waals surface area contributed by atoms with Gasteiger partial charge in [-0.2, -0.15) is 0 Å². The summed E-state index contributed by atoms with van der Waals surface area (Å²) in [5.41, 5.74) is 1.30. The molecule has 2 saturated heterocycles. The number of fused-ring (bicyclic) bond motifs is 2. The molecular formula is C24H34BN3O4. The molecule has 0 bridgehead atoms. The number of rotatable bonds is 2. The summed E-state index contributed by atoms with van der Waals surface area (Å²) < 4.78 is 18.2. The van der Waals surface area contributed by atoms with Gasteiger partial charge in [0.25, 0.3) is 0 Å². The first-order valence-electron chi connectivity index (χ1n) is 11.6. The molecule has 1 unspecified atom stereocenters. The monoisotopic (exact) mass is 439 g/mol. The highest BCUT2D eigenvalue weighted by Gasteiger charge is 2.65. The highest BCUT2D eigenvalue weighted by Crippen LogP contribution is 2.62. The maximum Gasteiger partial charge on any atom is 0.494 e. The number of piperidine rings is 1. The van der Waals surface area contributed by atoms with Crippen LogP contribution >= 0.6 is 0 Å². The first-order valence-corrected chi connectivity index (χ1v) is 11.6. The summed E-state index contributed by atoms with van der Waals surface area (Å²) in [5.74, 6) is 1.30. The van der Waals surface area contributed by atoms with E-state index >= 15 is 0 Å². The van der Waals surface area contributed by atoms with E-state index in [9.17, 15) is 4.79 Å². The van der Waals surface area contributed by atoms with E-state index in [0.717, 1.165) is 35.2 Å². The average Bonchev–Trinajstić information content (AvgIpc) is 2.95. The molecule has 1 N–H and O–H groups in total. The van der Waals surface area contributed by atoms with E-state index in [0.29, 0.717) is 5.92 Å². The molecule has 3 fully saturated rings. The molecule has 3 aliphatic rings. The molecule has 8 heteroatoms. The third kappa shape index (κ3) is 3.34. The number of aromatic amines is 1. The Morgan fingerprint density at radius 1 is 1.19 bits per heavy atom. The number of nitrogens with one attached hydrogen (secondary N) is 1. The summed E-state index contributed by atoms with van der Waals surface area (Å²) in [6.07, 6.45) is 1.66. The van der Waals surface area contributed by atoms with Gasteiger partial charge in [0.1, 0.15) is 11.4 Å². The second-order valence-electron chi connectivity index (χ2n) is 11.8. The topological polar surface area (TPSA) is 76.7 Å². The number of ether oxygens (including phenoxy) is 1. The van der Waals surface area contributed by atoms with Crippen LogP contribution in [0.25, 0.3) is 11.0 Å². The summed E-state index contributed by atoms with van der Waals surface area (Å²) in [7, 11) is -0.424. The highest BCUT2D eigenvalue weighted by atomic mass is 16.7. The lowest BCUT2D eigenvalue weighted by Gasteiger charge is -2.33. The van der Waals surface area contributed by atoms with Gasteiger partial charge in [0.15, 0.2) is 0 Å². The fourth-order valence-electron chi connectivity index (χ4n) is 5.01. The molecule has 1 saturated carbocycles. The predicted octanol–water partition coefficient (Wildman–Crippen LogP) is 4.32. The minimum absolute atomic E-state index is 0.110. The van der Waals surface area contributed by atoms with Crippen molar-refractivity contribution in [2.45, 2.75) is 96.6 Å². The van der Waals surface area contributed by atoms with E-state index in [1.165, 1.54) is 0 Å². The number of amides is 1. The van der Waals surface area contributed by atoms with Crippen molar-refractivity contribution in [2.75, 3.05) is 0 Å². The van der Waals surface area contributed by atoms with Gasteiger partial charge in [0.05, 0.1) is 28.3 Å². The van der Waals surface area contributed by atoms with Gasteiger partial charge in [-0.1, -0.05) is 6.07 Å². The summed E-state index contributed by atoms with van der Waals surface area (Å²) in [5, 5.41) is 0. The van der Waals surface area contributed by atoms with Crippen LogP contribution in [0.3, 0.4) is 0 Å². The number of aromatic nitrogens is 2. The zero-order valence-electron chi connectivity index (χ0n) is 20.4. The standard InChI is InChI=1S/C24H34BN3O4/c1-21(2,3)30-20(29)28-18(11-14-13-24(14,28)8)19-26-16-10-9-15(12-17(16)27-19)25-31-22(4,5)23(6,7)32-25/h9-10,12,14,18H,11,13H2,1-8H3,(H,26,27)/t14?,18-,24+/m1/s1. The number of benzene rings is 1. The van der Waals surface area contributed by atoms with Crippen LogP contribution in [0.15, 0.2) is 18.2 Å². The molecular weight excluding hydrogens is 405 g/mol. The molecule has 0 spiro atoms. The van der Waals surface area contributed by atoms with Crippen LogP contribution in [0.4, 0.5) is 4.79 Å². The molecule has 3 heterocycles. The van der Waals surface area contributed by atoms with Gasteiger partial charge in [0, 0.05) is 5.54 Å². The highest BCUT2D eigenvalue weighted by molar-refractivity contribution is 6.62. The smallest absolute Gasteiger partial charge is 0.444 e. The lowest BCUT2D eigenvalue weighted by atomic mass is 9.79. The second-order valence-corrected chi connectivity index (χ2v) is 11.8. The zero-order valence-corrected chi connectivity index (χ0v) is 20.4. The normalized spacial score (nSPS) is 30.6. The molecule has 1 aliphatic carbocycles. The van der Waals surface area contributed by atoms with Crippen molar-refractivity contribution in [1.82, 2.24) is 14.9 Å². The second kappa shape index (κ2) is 6.51. The Morgan fingerprint density at radius 3 is 2.47 bits per heavy atom. The Labute approximate surface area is 190 Å². The number of hydrogen-bond donors (Lipinski definition) is 1. The van der Waals surface area contributed by atoms with Crippen molar-refractivity contribution in [3.05, 3.63) is 24.0 Å². The quantitative estimate of drug-likeness (QED) is 0.706. The number of carbonyl (C=O) groups excluding carboxylic acids is 1. The molecule has 32 heavy (non-hydrogen) atoms. The number of nitrogens with zero attached hydrogens (tertiary/aromatic N) is 2. The van der Waals surface area contributed by atoms with Crippen LogP contribution < -0.4 is 5.46 Å². The van der Waals surface area contributed by atoms with Crippen molar-refractivity contribution in [3.8, 4) is 0 Å². The van der Waals surface area contributed by atoms with E-state index in [1.807, 2.05) is 43.9 Å². The van der Waals surface area contributed by atoms with Gasteiger partial charge in [-0.25, -0.2) is 9.78 Å². The molecule has 2 aliphatic heterocycles. The summed E-state index contributed by atoms with van der Waals surface area (Å²) in [6.45, 7) is 16.1. The SMILES string of the molecule is CC(C)(C)OC(=O)N1[C@@H](c2nc3ccc(B4OC(C)(C)C(C)(C)O4)cc3[nH]2)CC2C[C@@]21C. The molecule has 3 atom stereocenters. The number of H-pyrrole nitrogens is 1. The third-order valence-electron chi connectivity index (χ3n) is 7.70. The lowest BCUT2D eigenvalue weighted by Crippen LogP contribution is -2.43. The average molecular weight is 439 g/mol. The van der Waals surface area contributed by atoms with Crippen molar-refractivity contribution in [2.24, 2.45) is 5.92 Å². The summed E-state index contributed by atoms with van der Waals surface area (Å²) in [6, 6.07) is 5.93. The minimum atomic E-state index is -0.531. The van der Waals surface area contributed by atoms with Crippen LogP contribution in [-0.2, 0) is 14.0 Å². The van der Waals surface area contributed by atoms with Gasteiger partial charge in [-0.05, 0) is 91.7 Å². The maximum atomic E-state index is 13.1. The van der Waals surface area contributed by atoms with Crippen LogP contribution in [0, 0.1) is 5.92 Å². The van der Waals surface area contributed by atoms with Gasteiger partial charge in [0.2, 0.25) is 0 Å². The summed E-state index contributed by atoms with van der Waals surface area (Å²) >= 11 is 0. The fraction of sp³-hybridized carbons (Fsp3) is 0.667. The van der Waals surface area contributed by atoms with Crippen molar-refractivity contribution in [3.63, 3.8) is 0 Å². The van der Waals surface area contributed by atoms with Crippen molar-refractivity contribution >= 4 is 29.7 Å². The van der Waals surface area contributed by atoms with Crippen LogP contribution in [0.1, 0.15) is 80.1 Å². The van der Waals surface area contributed by atoms with E-state index in [1.54, 1.807) is 0 Å². The Kier molecular flexibility index (Phi) is 4.43. The summed E-state index contributed by atoms with van der Waals surface area (Å²) in [4.78, 5) is 23.3. The number of carbonyl (C=O) groups is 1. The Hall–Kier alpha value is -2.06. The fourth-order valence-corrected chi connectivity index (χ4v) is 5.01. The van der Waals surface area contributed by atoms with Gasteiger partial charge in [-0.15, -0.1) is 0 Å². The van der Waals surface area contributed by atoms with Crippen molar-refractivity contribution in [1.29, 1.82) is 0 Å². The molecule has 1 amide bonds. The third-order valence-corrected chi connectivity index (χ3v) is 7.70. The first kappa shape index (κ1) is 21.8. The lowest BCUT2D eigenvalue weighted by molar-refractivity contribution is 0.00578. The molecule has 172 valence electrons. The Morgan fingerprint density at radius 2 is 1.84 bits per heavy atom. The van der Waals surface area contributed by atoms with E-state index < -0.39 is 12.7 Å². The van der Waals surface area contributed by atoms with E-state index in [-0.39, 0.29) is 28.9 Å². The first-order chi connectivity index (χ1) is 14.7. The molecule has 5 rings (SSSR count). The Balaban J connectivity index is 1.44.